The summed E-state index contributed by atoms with van der Waals surface area (Å²) in [7, 11) is 4.01. The molecular formula is C20H27N3O6. The van der Waals surface area contributed by atoms with Crippen molar-refractivity contribution in [2.75, 3.05) is 40.3 Å². The maximum absolute atomic E-state index is 12.6. The molecule has 2 amide bonds. The van der Waals surface area contributed by atoms with Crippen LogP contribution in [-0.4, -0.2) is 78.1 Å². The van der Waals surface area contributed by atoms with Gasteiger partial charge < -0.3 is 30.1 Å². The molecule has 1 aromatic rings. The summed E-state index contributed by atoms with van der Waals surface area (Å²) in [4.78, 5) is 38.8. The van der Waals surface area contributed by atoms with Gasteiger partial charge in [-0.15, -0.1) is 0 Å². The number of aliphatic hydroxyl groups is 1. The average Bonchev–Trinajstić information content (AvgIpc) is 2.67. The van der Waals surface area contributed by atoms with Gasteiger partial charge in [-0.1, -0.05) is 12.1 Å². The molecule has 0 atom stereocenters. The van der Waals surface area contributed by atoms with Crippen molar-refractivity contribution >= 4 is 17.8 Å². The molecule has 0 aliphatic carbocycles. The Morgan fingerprint density at radius 3 is 2.55 bits per heavy atom. The summed E-state index contributed by atoms with van der Waals surface area (Å²) < 4.78 is 5.68. The number of ether oxygens (including phenoxy) is 1. The van der Waals surface area contributed by atoms with E-state index >= 15 is 0 Å². The number of carboxylic acids is 1. The van der Waals surface area contributed by atoms with Gasteiger partial charge in [-0.25, -0.2) is 0 Å². The molecule has 1 aromatic carbocycles. The van der Waals surface area contributed by atoms with E-state index in [0.717, 1.165) is 24.3 Å². The van der Waals surface area contributed by atoms with Gasteiger partial charge in [0.25, 0.3) is 11.8 Å². The third-order valence-corrected chi connectivity index (χ3v) is 4.35. The van der Waals surface area contributed by atoms with Crippen molar-refractivity contribution in [1.82, 2.24) is 15.1 Å². The number of aliphatic carboxylic acids is 1. The van der Waals surface area contributed by atoms with Crippen LogP contribution >= 0.6 is 0 Å². The van der Waals surface area contributed by atoms with Gasteiger partial charge in [-0.05, 0) is 38.2 Å². The van der Waals surface area contributed by atoms with Gasteiger partial charge in [0.1, 0.15) is 23.6 Å². The molecule has 0 saturated heterocycles. The predicted molar refractivity (Wildman–Crippen MR) is 105 cm³/mol. The van der Waals surface area contributed by atoms with Gasteiger partial charge in [-0.3, -0.25) is 14.4 Å². The first-order valence-electron chi connectivity index (χ1n) is 9.35. The first-order valence-corrected chi connectivity index (χ1v) is 9.35. The van der Waals surface area contributed by atoms with Crippen molar-refractivity contribution in [1.29, 1.82) is 0 Å². The molecule has 0 bridgehead atoms. The Morgan fingerprint density at radius 2 is 1.93 bits per heavy atom. The van der Waals surface area contributed by atoms with Crippen LogP contribution in [0.1, 0.15) is 18.4 Å². The lowest BCUT2D eigenvalue weighted by atomic mass is 10.0. The quantitative estimate of drug-likeness (QED) is 0.388. The Kier molecular flexibility index (Phi) is 8.02. The third kappa shape index (κ3) is 6.79. The van der Waals surface area contributed by atoms with Gasteiger partial charge in [0.15, 0.2) is 0 Å². The minimum Gasteiger partial charge on any atom is -0.511 e. The van der Waals surface area contributed by atoms with Crippen molar-refractivity contribution in [3.8, 4) is 5.75 Å². The number of nitrogens with one attached hydrogen (secondary N) is 1. The fourth-order valence-electron chi connectivity index (χ4n) is 2.85. The molecule has 0 aromatic heterocycles. The van der Waals surface area contributed by atoms with E-state index < -0.39 is 29.9 Å². The van der Waals surface area contributed by atoms with Crippen molar-refractivity contribution in [2.45, 2.75) is 19.4 Å². The van der Waals surface area contributed by atoms with Crippen LogP contribution in [0.15, 0.2) is 35.6 Å². The summed E-state index contributed by atoms with van der Waals surface area (Å²) in [5.74, 6) is -2.33. The van der Waals surface area contributed by atoms with E-state index in [1.165, 1.54) is 4.90 Å². The van der Waals surface area contributed by atoms with Crippen molar-refractivity contribution in [3.05, 3.63) is 41.2 Å². The normalized spacial score (nSPS) is 14.3. The molecule has 29 heavy (non-hydrogen) atoms. The lowest BCUT2D eigenvalue weighted by molar-refractivity contribution is -0.138. The van der Waals surface area contributed by atoms with Crippen molar-refractivity contribution in [3.63, 3.8) is 0 Å². The molecule has 0 fully saturated rings. The smallest absolute Gasteiger partial charge is 0.322 e. The van der Waals surface area contributed by atoms with Crippen LogP contribution in [0.4, 0.5) is 0 Å². The molecule has 0 spiro atoms. The lowest BCUT2D eigenvalue weighted by Crippen LogP contribution is -2.43. The van der Waals surface area contributed by atoms with Crippen LogP contribution in [-0.2, 0) is 20.9 Å². The fourth-order valence-corrected chi connectivity index (χ4v) is 2.85. The summed E-state index contributed by atoms with van der Waals surface area (Å²) in [6, 6.07) is 7.34. The second kappa shape index (κ2) is 10.5. The van der Waals surface area contributed by atoms with E-state index in [1.54, 1.807) is 0 Å². The summed E-state index contributed by atoms with van der Waals surface area (Å²) >= 11 is 0. The van der Waals surface area contributed by atoms with Gasteiger partial charge in [0.2, 0.25) is 0 Å². The van der Waals surface area contributed by atoms with E-state index in [-0.39, 0.29) is 25.3 Å². The highest BCUT2D eigenvalue weighted by Gasteiger charge is 2.32. The summed E-state index contributed by atoms with van der Waals surface area (Å²) in [5.41, 5.74) is 0.448. The Labute approximate surface area is 169 Å². The van der Waals surface area contributed by atoms with Crippen LogP contribution in [0.2, 0.25) is 0 Å². The molecule has 1 heterocycles. The monoisotopic (exact) mass is 405 g/mol. The SMILES string of the molecule is CN(C)CCCOc1ccc(CN2CCC(O)=C(C(=O)NCC(=O)O)C2=O)cc1. The number of rotatable bonds is 10. The summed E-state index contributed by atoms with van der Waals surface area (Å²) in [6.07, 6.45) is 1.05. The minimum absolute atomic E-state index is 0.134. The third-order valence-electron chi connectivity index (χ3n) is 4.35. The Hall–Kier alpha value is -3.07. The molecule has 1 aliphatic rings. The number of carbonyl (C=O) groups excluding carboxylic acids is 2. The molecule has 0 unspecified atom stereocenters. The van der Waals surface area contributed by atoms with Crippen LogP contribution in [0.3, 0.4) is 0 Å². The molecule has 2 rings (SSSR count). The zero-order chi connectivity index (χ0) is 21.4. The van der Waals surface area contributed by atoms with Gasteiger partial charge in [0.05, 0.1) is 6.61 Å². The highest BCUT2D eigenvalue weighted by molar-refractivity contribution is 6.19. The number of hydrogen-bond acceptors (Lipinski definition) is 6. The van der Waals surface area contributed by atoms with E-state index in [1.807, 2.05) is 38.4 Å². The first kappa shape index (κ1) is 22.2. The number of nitrogens with zero attached hydrogens (tertiary/aromatic N) is 2. The zero-order valence-electron chi connectivity index (χ0n) is 16.7. The van der Waals surface area contributed by atoms with Gasteiger partial charge in [0, 0.05) is 26.1 Å². The molecule has 158 valence electrons. The van der Waals surface area contributed by atoms with E-state index in [2.05, 4.69) is 10.2 Å². The Bertz CT molecular complexity index is 773. The number of carbonyl (C=O) groups is 3. The number of amides is 2. The van der Waals surface area contributed by atoms with E-state index in [4.69, 9.17) is 9.84 Å². The molecule has 0 radical (unpaired) electrons. The van der Waals surface area contributed by atoms with Gasteiger partial charge >= 0.3 is 5.97 Å². The first-order chi connectivity index (χ1) is 13.8. The Morgan fingerprint density at radius 1 is 1.24 bits per heavy atom. The van der Waals surface area contributed by atoms with Crippen LogP contribution in [0, 0.1) is 0 Å². The zero-order valence-corrected chi connectivity index (χ0v) is 16.7. The number of carboxylic acid groups (broad SMARTS) is 1. The second-order valence-corrected chi connectivity index (χ2v) is 7.02. The predicted octanol–water partition coefficient (Wildman–Crippen LogP) is 0.762. The van der Waals surface area contributed by atoms with Gasteiger partial charge in [-0.2, -0.15) is 0 Å². The minimum atomic E-state index is -1.23. The molecule has 9 heteroatoms. The molecule has 1 aliphatic heterocycles. The standard InChI is InChI=1S/C20H27N3O6/c1-22(2)9-3-11-29-15-6-4-14(5-7-15)13-23-10-8-16(24)18(20(23)28)19(27)21-12-17(25)26/h4-7,24H,3,8-13H2,1-2H3,(H,21,27)(H,25,26). The van der Waals surface area contributed by atoms with E-state index in [0.29, 0.717) is 6.61 Å². The van der Waals surface area contributed by atoms with Crippen LogP contribution in [0.25, 0.3) is 0 Å². The highest BCUT2D eigenvalue weighted by Crippen LogP contribution is 2.21. The summed E-state index contributed by atoms with van der Waals surface area (Å²) in [6.45, 7) is 1.46. The second-order valence-electron chi connectivity index (χ2n) is 7.02. The Balaban J connectivity index is 1.93. The molecule has 3 N–H and O–H groups in total. The number of benzene rings is 1. The van der Waals surface area contributed by atoms with Crippen molar-refractivity contribution < 1.29 is 29.3 Å². The largest absolute Gasteiger partial charge is 0.511 e. The average molecular weight is 405 g/mol. The molecular weight excluding hydrogens is 378 g/mol. The van der Waals surface area contributed by atoms with Crippen molar-refractivity contribution in [2.24, 2.45) is 0 Å². The maximum Gasteiger partial charge on any atom is 0.322 e. The summed E-state index contributed by atoms with van der Waals surface area (Å²) in [5, 5.41) is 20.7. The number of aliphatic hydroxyl groups excluding tert-OH is 1. The van der Waals surface area contributed by atoms with E-state index in [9.17, 15) is 19.5 Å². The van der Waals surface area contributed by atoms with Crippen LogP contribution < -0.4 is 10.1 Å². The topological polar surface area (TPSA) is 119 Å². The maximum atomic E-state index is 12.6. The highest BCUT2D eigenvalue weighted by atomic mass is 16.5. The van der Waals surface area contributed by atoms with Crippen LogP contribution in [0.5, 0.6) is 5.75 Å². The fraction of sp³-hybridized carbons (Fsp3) is 0.450. The molecule has 9 nitrogen and oxygen atoms in total. The lowest BCUT2D eigenvalue weighted by Gasteiger charge is -2.28. The number of hydrogen-bond donors (Lipinski definition) is 3. The molecule has 0 saturated carbocycles.